The highest BCUT2D eigenvalue weighted by atomic mass is 16.5. The first-order valence-corrected chi connectivity index (χ1v) is 10.3. The van der Waals surface area contributed by atoms with Crippen LogP contribution in [0.3, 0.4) is 0 Å². The van der Waals surface area contributed by atoms with E-state index in [0.717, 1.165) is 39.7 Å². The lowest BCUT2D eigenvalue weighted by Gasteiger charge is -2.12. The smallest absolute Gasteiger partial charge is 0.306 e. The van der Waals surface area contributed by atoms with E-state index in [0.29, 0.717) is 6.42 Å². The molecule has 3 N–H and O–H groups in total. The second-order valence-electron chi connectivity index (χ2n) is 7.47. The summed E-state index contributed by atoms with van der Waals surface area (Å²) in [7, 11) is 0. The normalized spacial score (nSPS) is 10.6. The molecule has 0 radical (unpaired) electrons. The lowest BCUT2D eigenvalue weighted by atomic mass is 10.1. The van der Waals surface area contributed by atoms with Crippen LogP contribution >= 0.6 is 0 Å². The molecule has 0 saturated carbocycles. The van der Waals surface area contributed by atoms with E-state index in [-0.39, 0.29) is 18.9 Å². The van der Waals surface area contributed by atoms with Gasteiger partial charge in [0.15, 0.2) is 6.61 Å². The molecule has 3 aromatic rings. The number of H-pyrrole nitrogens is 1. The van der Waals surface area contributed by atoms with Gasteiger partial charge < -0.3 is 20.4 Å². The zero-order valence-electron chi connectivity index (χ0n) is 17.8. The van der Waals surface area contributed by atoms with E-state index in [1.807, 2.05) is 62.5 Å². The standard InChI is InChI=1S/C24H27N3O4/c1-16-7-5-8-17(2)24(16)27-21(28)14-26-22(29)15-31-23(30)12-6-9-18-13-25-20-11-4-3-10-19(18)20/h3-5,7-8,10-11,13,25H,6,9,12,14-15H2,1-2H3,(H,26,29)(H,27,28). The average Bonchev–Trinajstić information content (AvgIpc) is 3.17. The van der Waals surface area contributed by atoms with Crippen molar-refractivity contribution in [2.45, 2.75) is 33.1 Å². The molecule has 0 atom stereocenters. The molecule has 0 aliphatic heterocycles. The van der Waals surface area contributed by atoms with E-state index in [4.69, 9.17) is 4.74 Å². The maximum Gasteiger partial charge on any atom is 0.306 e. The van der Waals surface area contributed by atoms with Crippen LogP contribution < -0.4 is 10.6 Å². The van der Waals surface area contributed by atoms with Crippen molar-refractivity contribution >= 4 is 34.4 Å². The minimum absolute atomic E-state index is 0.190. The number of nitrogens with one attached hydrogen (secondary N) is 3. The van der Waals surface area contributed by atoms with E-state index in [2.05, 4.69) is 15.6 Å². The van der Waals surface area contributed by atoms with E-state index >= 15 is 0 Å². The molecule has 7 heteroatoms. The van der Waals surface area contributed by atoms with Gasteiger partial charge in [-0.05, 0) is 49.4 Å². The second-order valence-corrected chi connectivity index (χ2v) is 7.47. The van der Waals surface area contributed by atoms with Gasteiger partial charge in [-0.25, -0.2) is 0 Å². The van der Waals surface area contributed by atoms with E-state index in [1.54, 1.807) is 0 Å². The Labute approximate surface area is 181 Å². The second kappa shape index (κ2) is 10.4. The Balaban J connectivity index is 1.33. The van der Waals surface area contributed by atoms with Crippen LogP contribution in [0.5, 0.6) is 0 Å². The molecular formula is C24H27N3O4. The number of carbonyl (C=O) groups excluding carboxylic acids is 3. The number of aromatic amines is 1. The number of ether oxygens (including phenoxy) is 1. The van der Waals surface area contributed by atoms with Gasteiger partial charge in [0.2, 0.25) is 5.91 Å². The van der Waals surface area contributed by atoms with Gasteiger partial charge in [0.1, 0.15) is 0 Å². The Morgan fingerprint density at radius 1 is 0.968 bits per heavy atom. The Morgan fingerprint density at radius 2 is 1.71 bits per heavy atom. The van der Waals surface area contributed by atoms with Crippen LogP contribution in [0.4, 0.5) is 5.69 Å². The lowest BCUT2D eigenvalue weighted by molar-refractivity contribution is -0.148. The fraction of sp³-hybridized carbons (Fsp3) is 0.292. The van der Waals surface area contributed by atoms with Gasteiger partial charge in [0.05, 0.1) is 6.54 Å². The molecule has 0 fully saturated rings. The van der Waals surface area contributed by atoms with E-state index in [9.17, 15) is 14.4 Å². The third-order valence-electron chi connectivity index (χ3n) is 5.06. The zero-order chi connectivity index (χ0) is 22.2. The SMILES string of the molecule is Cc1cccc(C)c1NC(=O)CNC(=O)COC(=O)CCCc1c[nH]c2ccccc12. The first kappa shape index (κ1) is 22.1. The number of benzene rings is 2. The van der Waals surface area contributed by atoms with Crippen LogP contribution in [0.15, 0.2) is 48.7 Å². The molecule has 0 spiro atoms. The van der Waals surface area contributed by atoms with Crippen LogP contribution in [0, 0.1) is 13.8 Å². The Morgan fingerprint density at radius 3 is 2.48 bits per heavy atom. The van der Waals surface area contributed by atoms with Crippen LogP contribution in [-0.2, 0) is 25.5 Å². The third-order valence-corrected chi connectivity index (χ3v) is 5.06. The minimum atomic E-state index is -0.512. The molecule has 162 valence electrons. The Hall–Kier alpha value is -3.61. The average molecular weight is 421 g/mol. The summed E-state index contributed by atoms with van der Waals surface area (Å²) in [5, 5.41) is 6.40. The van der Waals surface area contributed by atoms with E-state index in [1.165, 1.54) is 0 Å². The molecule has 0 saturated heterocycles. The Kier molecular flexibility index (Phi) is 7.43. The summed E-state index contributed by atoms with van der Waals surface area (Å²) in [6.07, 6.45) is 3.54. The van der Waals surface area contributed by atoms with Gasteiger partial charge in [-0.2, -0.15) is 0 Å². The summed E-state index contributed by atoms with van der Waals surface area (Å²) in [4.78, 5) is 39.1. The number of hydrogen-bond donors (Lipinski definition) is 3. The number of rotatable bonds is 9. The van der Waals surface area contributed by atoms with Gasteiger partial charge in [-0.15, -0.1) is 0 Å². The first-order valence-electron chi connectivity index (χ1n) is 10.3. The number of hydrogen-bond acceptors (Lipinski definition) is 4. The highest BCUT2D eigenvalue weighted by Crippen LogP contribution is 2.20. The van der Waals surface area contributed by atoms with Crippen molar-refractivity contribution in [1.29, 1.82) is 0 Å². The van der Waals surface area contributed by atoms with Crippen molar-refractivity contribution in [1.82, 2.24) is 10.3 Å². The number of aryl methyl sites for hydroxylation is 3. The number of carbonyl (C=O) groups is 3. The van der Waals surface area contributed by atoms with Crippen LogP contribution in [0.25, 0.3) is 10.9 Å². The molecule has 7 nitrogen and oxygen atoms in total. The number of aromatic nitrogens is 1. The van der Waals surface area contributed by atoms with Crippen molar-refractivity contribution in [2.24, 2.45) is 0 Å². The summed E-state index contributed by atoms with van der Waals surface area (Å²) in [5.41, 5.74) is 4.85. The van der Waals surface area contributed by atoms with Gasteiger partial charge in [-0.3, -0.25) is 14.4 Å². The zero-order valence-corrected chi connectivity index (χ0v) is 17.8. The number of para-hydroxylation sites is 2. The van der Waals surface area contributed by atoms with Crippen LogP contribution in [0.2, 0.25) is 0 Å². The summed E-state index contributed by atoms with van der Waals surface area (Å²) in [6, 6.07) is 13.7. The lowest BCUT2D eigenvalue weighted by Crippen LogP contribution is -2.35. The van der Waals surface area contributed by atoms with Crippen LogP contribution in [0.1, 0.15) is 29.5 Å². The van der Waals surface area contributed by atoms with Gasteiger partial charge in [0.25, 0.3) is 5.91 Å². The van der Waals surface area contributed by atoms with Crippen molar-refractivity contribution in [3.8, 4) is 0 Å². The molecule has 2 aromatic carbocycles. The maximum absolute atomic E-state index is 12.1. The number of amides is 2. The fourth-order valence-electron chi connectivity index (χ4n) is 3.40. The molecule has 0 aliphatic carbocycles. The molecule has 1 heterocycles. The molecule has 0 aliphatic rings. The molecule has 1 aromatic heterocycles. The van der Waals surface area contributed by atoms with Gasteiger partial charge >= 0.3 is 5.97 Å². The molecule has 0 bridgehead atoms. The number of fused-ring (bicyclic) bond motifs is 1. The van der Waals surface area contributed by atoms with Gasteiger partial charge in [0, 0.05) is 29.2 Å². The largest absolute Gasteiger partial charge is 0.456 e. The topological polar surface area (TPSA) is 100 Å². The summed E-state index contributed by atoms with van der Waals surface area (Å²) < 4.78 is 5.01. The highest BCUT2D eigenvalue weighted by Gasteiger charge is 2.11. The third kappa shape index (κ3) is 6.18. The number of anilines is 1. The highest BCUT2D eigenvalue weighted by molar-refractivity contribution is 5.96. The van der Waals surface area contributed by atoms with Crippen molar-refractivity contribution in [3.63, 3.8) is 0 Å². The minimum Gasteiger partial charge on any atom is -0.456 e. The quantitative estimate of drug-likeness (QED) is 0.461. The predicted molar refractivity (Wildman–Crippen MR) is 120 cm³/mol. The molecule has 0 unspecified atom stereocenters. The number of esters is 1. The fourth-order valence-corrected chi connectivity index (χ4v) is 3.40. The van der Waals surface area contributed by atoms with Crippen LogP contribution in [-0.4, -0.2) is 35.9 Å². The van der Waals surface area contributed by atoms with E-state index < -0.39 is 18.5 Å². The van der Waals surface area contributed by atoms with Crippen molar-refractivity contribution in [3.05, 3.63) is 65.4 Å². The van der Waals surface area contributed by atoms with Crippen molar-refractivity contribution in [2.75, 3.05) is 18.5 Å². The van der Waals surface area contributed by atoms with Crippen molar-refractivity contribution < 1.29 is 19.1 Å². The maximum atomic E-state index is 12.1. The van der Waals surface area contributed by atoms with Gasteiger partial charge in [-0.1, -0.05) is 36.4 Å². The monoisotopic (exact) mass is 421 g/mol. The summed E-state index contributed by atoms with van der Waals surface area (Å²) in [5.74, 6) is -1.28. The Bertz CT molecular complexity index is 1070. The summed E-state index contributed by atoms with van der Waals surface area (Å²) >= 11 is 0. The molecule has 3 rings (SSSR count). The molecule has 2 amide bonds. The first-order chi connectivity index (χ1) is 14.9. The molecule has 31 heavy (non-hydrogen) atoms. The molecular weight excluding hydrogens is 394 g/mol. The summed E-state index contributed by atoms with van der Waals surface area (Å²) in [6.45, 7) is 3.21. The predicted octanol–water partition coefficient (Wildman–Crippen LogP) is 3.41.